The fourth-order valence-electron chi connectivity index (χ4n) is 3.34. The Bertz CT molecular complexity index is 1090. The molecule has 2 N–H and O–H groups in total. The van der Waals surface area contributed by atoms with Crippen LogP contribution in [-0.2, 0) is 0 Å². The van der Waals surface area contributed by atoms with Crippen molar-refractivity contribution >= 4 is 38.7 Å². The summed E-state index contributed by atoms with van der Waals surface area (Å²) in [5, 5.41) is 14.3. The molecule has 1 saturated heterocycles. The zero-order valence-corrected chi connectivity index (χ0v) is 14.7. The van der Waals surface area contributed by atoms with Crippen LogP contribution in [0.1, 0.15) is 10.4 Å². The number of nitrogens with zero attached hydrogens (tertiary/aromatic N) is 2. The molecule has 136 valence electrons. The predicted octanol–water partition coefficient (Wildman–Crippen LogP) is 1.77. The number of carbonyl (C=O) groups is 1. The number of aromatic nitrogens is 1. The van der Waals surface area contributed by atoms with Gasteiger partial charge in [-0.25, -0.2) is 9.18 Å². The van der Waals surface area contributed by atoms with Gasteiger partial charge in [-0.2, -0.15) is 0 Å². The smallest absolute Gasteiger partial charge is 0.342 e. The molecule has 2 aromatic heterocycles. The Morgan fingerprint density at radius 1 is 1.35 bits per heavy atom. The molecule has 9 heteroatoms. The molecule has 26 heavy (non-hydrogen) atoms. The maximum absolute atomic E-state index is 14.7. The number of nitrogens with one attached hydrogen (secondary N) is 1. The number of anilines is 1. The highest BCUT2D eigenvalue weighted by Gasteiger charge is 2.24. The van der Waals surface area contributed by atoms with Gasteiger partial charge in [0.05, 0.1) is 29.1 Å². The van der Waals surface area contributed by atoms with Crippen molar-refractivity contribution in [1.82, 2.24) is 9.72 Å². The highest BCUT2D eigenvalue weighted by Crippen LogP contribution is 2.32. The summed E-state index contributed by atoms with van der Waals surface area (Å²) in [6.07, 6.45) is 0. The summed E-state index contributed by atoms with van der Waals surface area (Å²) in [5.74, 6) is -1.48. The number of ether oxygens (including phenoxy) is 1. The van der Waals surface area contributed by atoms with E-state index in [1.165, 1.54) is 7.11 Å². The first kappa shape index (κ1) is 16.8. The number of thiazole rings is 1. The standard InChI is InChI=1S/C17H16FN3O4S/c1-25-13-8-26-16-14(17(23)24)15(22)9-6-10(18)12(7-11(9)21(13)16)20-4-2-19-3-5-20/h6-8,19H,2-5H2,1H3,(H,23,24). The van der Waals surface area contributed by atoms with Crippen LogP contribution in [0, 0.1) is 5.82 Å². The quantitative estimate of drug-likeness (QED) is 0.724. The molecule has 4 rings (SSSR count). The minimum atomic E-state index is -1.34. The second-order valence-corrected chi connectivity index (χ2v) is 6.84. The van der Waals surface area contributed by atoms with Crippen LogP contribution in [0.25, 0.3) is 15.7 Å². The second-order valence-electron chi connectivity index (χ2n) is 5.99. The topological polar surface area (TPSA) is 83.3 Å². The first-order chi connectivity index (χ1) is 12.5. The molecule has 0 aliphatic carbocycles. The van der Waals surface area contributed by atoms with Gasteiger partial charge in [-0.1, -0.05) is 0 Å². The molecule has 7 nitrogen and oxygen atoms in total. The van der Waals surface area contributed by atoms with Gasteiger partial charge in [0, 0.05) is 26.2 Å². The minimum Gasteiger partial charge on any atom is -0.481 e. The third kappa shape index (κ3) is 2.43. The van der Waals surface area contributed by atoms with Gasteiger partial charge in [0.1, 0.15) is 16.2 Å². The first-order valence-electron chi connectivity index (χ1n) is 8.05. The molecule has 0 atom stereocenters. The highest BCUT2D eigenvalue weighted by molar-refractivity contribution is 7.16. The van der Waals surface area contributed by atoms with E-state index in [4.69, 9.17) is 4.74 Å². The lowest BCUT2D eigenvalue weighted by molar-refractivity contribution is 0.0697. The van der Waals surface area contributed by atoms with Gasteiger partial charge in [-0.3, -0.25) is 9.20 Å². The first-order valence-corrected chi connectivity index (χ1v) is 8.93. The van der Waals surface area contributed by atoms with Gasteiger partial charge in [0.2, 0.25) is 11.3 Å². The fourth-order valence-corrected chi connectivity index (χ4v) is 4.34. The zero-order chi connectivity index (χ0) is 18.4. The van der Waals surface area contributed by atoms with Crippen LogP contribution in [-0.4, -0.2) is 48.8 Å². The maximum Gasteiger partial charge on any atom is 0.342 e. The van der Waals surface area contributed by atoms with E-state index < -0.39 is 17.2 Å². The fraction of sp³-hybridized carbons (Fsp3) is 0.294. The molecule has 0 bridgehead atoms. The molecular weight excluding hydrogens is 361 g/mol. The van der Waals surface area contributed by atoms with E-state index >= 15 is 0 Å². The molecular formula is C17H16FN3O4S. The van der Waals surface area contributed by atoms with Crippen LogP contribution in [0.15, 0.2) is 22.3 Å². The number of benzene rings is 1. The van der Waals surface area contributed by atoms with Crippen molar-refractivity contribution in [3.8, 4) is 5.88 Å². The summed E-state index contributed by atoms with van der Waals surface area (Å²) in [6, 6.07) is 2.73. The molecule has 1 aliphatic heterocycles. The van der Waals surface area contributed by atoms with Gasteiger partial charge in [0.25, 0.3) is 0 Å². The zero-order valence-electron chi connectivity index (χ0n) is 13.9. The average Bonchev–Trinajstić information content (AvgIpc) is 3.05. The number of hydrogen-bond acceptors (Lipinski definition) is 6. The minimum absolute atomic E-state index is 0.0213. The van der Waals surface area contributed by atoms with Crippen molar-refractivity contribution in [3.63, 3.8) is 0 Å². The van der Waals surface area contributed by atoms with Crippen LogP contribution in [0.4, 0.5) is 10.1 Å². The number of carboxylic acid groups (broad SMARTS) is 1. The largest absolute Gasteiger partial charge is 0.481 e. The number of piperazine rings is 1. The number of hydrogen-bond donors (Lipinski definition) is 2. The molecule has 0 spiro atoms. The number of rotatable bonds is 3. The molecule has 3 aromatic rings. The van der Waals surface area contributed by atoms with E-state index in [0.29, 0.717) is 30.2 Å². The van der Waals surface area contributed by atoms with E-state index in [0.717, 1.165) is 30.5 Å². The Kier molecular flexibility index (Phi) is 4.04. The normalized spacial score (nSPS) is 14.9. The van der Waals surface area contributed by atoms with Gasteiger partial charge < -0.3 is 20.1 Å². The molecule has 0 amide bonds. The number of fused-ring (bicyclic) bond motifs is 3. The summed E-state index contributed by atoms with van der Waals surface area (Å²) in [4.78, 5) is 26.5. The molecule has 0 radical (unpaired) electrons. The summed E-state index contributed by atoms with van der Waals surface area (Å²) in [6.45, 7) is 2.78. The lowest BCUT2D eigenvalue weighted by atomic mass is 10.1. The number of halogens is 1. The number of pyridine rings is 1. The average molecular weight is 377 g/mol. The Morgan fingerprint density at radius 3 is 2.73 bits per heavy atom. The van der Waals surface area contributed by atoms with E-state index in [2.05, 4.69) is 5.32 Å². The molecule has 1 aromatic carbocycles. The van der Waals surface area contributed by atoms with Crippen LogP contribution in [0.3, 0.4) is 0 Å². The Balaban J connectivity index is 2.10. The van der Waals surface area contributed by atoms with Crippen molar-refractivity contribution in [2.45, 2.75) is 0 Å². The van der Waals surface area contributed by atoms with Crippen LogP contribution >= 0.6 is 11.3 Å². The lowest BCUT2D eigenvalue weighted by Crippen LogP contribution is -2.43. The van der Waals surface area contributed by atoms with E-state index in [1.54, 1.807) is 15.8 Å². The van der Waals surface area contributed by atoms with Crippen molar-refractivity contribution in [2.24, 2.45) is 0 Å². The Labute approximate surface area is 151 Å². The van der Waals surface area contributed by atoms with Gasteiger partial charge in [-0.15, -0.1) is 11.3 Å². The molecule has 3 heterocycles. The Morgan fingerprint density at radius 2 is 2.08 bits per heavy atom. The highest BCUT2D eigenvalue weighted by atomic mass is 32.1. The number of methoxy groups -OCH3 is 1. The van der Waals surface area contributed by atoms with Crippen molar-refractivity contribution in [2.75, 3.05) is 38.2 Å². The molecule has 1 aliphatic rings. The number of aromatic carboxylic acids is 1. The molecule has 0 unspecified atom stereocenters. The summed E-state index contributed by atoms with van der Waals surface area (Å²) < 4.78 is 21.6. The van der Waals surface area contributed by atoms with Gasteiger partial charge >= 0.3 is 5.97 Å². The third-order valence-electron chi connectivity index (χ3n) is 4.57. The van der Waals surface area contributed by atoms with E-state index in [1.807, 2.05) is 4.90 Å². The third-order valence-corrected chi connectivity index (χ3v) is 5.50. The van der Waals surface area contributed by atoms with E-state index in [9.17, 15) is 19.1 Å². The van der Waals surface area contributed by atoms with E-state index in [-0.39, 0.29) is 15.8 Å². The monoisotopic (exact) mass is 377 g/mol. The van der Waals surface area contributed by atoms with Crippen molar-refractivity contribution < 1.29 is 19.0 Å². The van der Waals surface area contributed by atoms with Crippen LogP contribution in [0.5, 0.6) is 5.88 Å². The van der Waals surface area contributed by atoms with Crippen molar-refractivity contribution in [1.29, 1.82) is 0 Å². The molecule has 0 saturated carbocycles. The van der Waals surface area contributed by atoms with Crippen LogP contribution < -0.4 is 20.4 Å². The molecule has 1 fully saturated rings. The Hall–Kier alpha value is -2.65. The summed E-state index contributed by atoms with van der Waals surface area (Å²) in [5.41, 5.74) is -0.241. The maximum atomic E-state index is 14.7. The predicted molar refractivity (Wildman–Crippen MR) is 97.6 cm³/mol. The number of carboxylic acids is 1. The summed E-state index contributed by atoms with van der Waals surface area (Å²) in [7, 11) is 1.46. The summed E-state index contributed by atoms with van der Waals surface area (Å²) >= 11 is 1.11. The van der Waals surface area contributed by atoms with Crippen molar-refractivity contribution in [3.05, 3.63) is 39.1 Å². The lowest BCUT2D eigenvalue weighted by Gasteiger charge is -2.30. The SMILES string of the molecule is COc1csc2c(C(=O)O)c(=O)c3cc(F)c(N4CCNCC4)cc3n12. The second kappa shape index (κ2) is 6.26. The van der Waals surface area contributed by atoms with Gasteiger partial charge in [0.15, 0.2) is 0 Å². The van der Waals surface area contributed by atoms with Gasteiger partial charge in [-0.05, 0) is 12.1 Å². The van der Waals surface area contributed by atoms with Crippen LogP contribution in [0.2, 0.25) is 0 Å².